The summed E-state index contributed by atoms with van der Waals surface area (Å²) in [5, 5.41) is 4.81. The lowest BCUT2D eigenvalue weighted by molar-refractivity contribution is 0.193. The highest BCUT2D eigenvalue weighted by Gasteiger charge is 2.28. The van der Waals surface area contributed by atoms with Crippen molar-refractivity contribution in [1.29, 1.82) is 0 Å². The number of halogens is 1. The summed E-state index contributed by atoms with van der Waals surface area (Å²) in [7, 11) is 0. The summed E-state index contributed by atoms with van der Waals surface area (Å²) in [5.41, 5.74) is 4.33. The fourth-order valence-corrected chi connectivity index (χ4v) is 3.84. The molecule has 0 spiro atoms. The zero-order chi connectivity index (χ0) is 16.3. The van der Waals surface area contributed by atoms with Crippen LogP contribution in [-0.2, 0) is 11.3 Å². The molecule has 7 heteroatoms. The highest BCUT2D eigenvalue weighted by Crippen LogP contribution is 2.35. The molecule has 24 heavy (non-hydrogen) atoms. The molecule has 122 valence electrons. The van der Waals surface area contributed by atoms with Gasteiger partial charge < -0.3 is 9.30 Å². The first kappa shape index (κ1) is 14.4. The second-order valence-corrected chi connectivity index (χ2v) is 7.24. The van der Waals surface area contributed by atoms with Gasteiger partial charge in [-0.3, -0.25) is 0 Å². The number of fused-ring (bicyclic) bond motifs is 5. The van der Waals surface area contributed by atoms with Crippen LogP contribution in [-0.4, -0.2) is 37.5 Å². The number of nitrogens with zero attached hydrogens (tertiary/aromatic N) is 5. The molecular weight excluding hydrogens is 370 g/mol. The predicted molar refractivity (Wildman–Crippen MR) is 92.3 cm³/mol. The molecule has 0 amide bonds. The van der Waals surface area contributed by atoms with Crippen molar-refractivity contribution >= 4 is 15.9 Å². The Morgan fingerprint density at radius 2 is 2.25 bits per heavy atom. The van der Waals surface area contributed by atoms with E-state index in [1.165, 1.54) is 0 Å². The smallest absolute Gasteiger partial charge is 0.160 e. The van der Waals surface area contributed by atoms with Gasteiger partial charge in [0.05, 0.1) is 36.6 Å². The van der Waals surface area contributed by atoms with Crippen molar-refractivity contribution < 1.29 is 4.74 Å². The molecule has 1 atom stereocenters. The van der Waals surface area contributed by atoms with Gasteiger partial charge in [0.25, 0.3) is 0 Å². The van der Waals surface area contributed by atoms with Gasteiger partial charge in [0.1, 0.15) is 0 Å². The largest absolute Gasteiger partial charge is 0.381 e. The molecule has 3 aromatic rings. The topological polar surface area (TPSA) is 57.8 Å². The van der Waals surface area contributed by atoms with Crippen LogP contribution in [0.25, 0.3) is 17.1 Å². The number of rotatable bonds is 1. The monoisotopic (exact) mass is 385 g/mol. The number of benzene rings is 1. The number of hydrogen-bond donors (Lipinski definition) is 0. The second-order valence-electron chi connectivity index (χ2n) is 6.32. The van der Waals surface area contributed by atoms with E-state index < -0.39 is 0 Å². The Morgan fingerprint density at radius 3 is 3.08 bits per heavy atom. The first-order chi connectivity index (χ1) is 11.7. The Labute approximate surface area is 147 Å². The second kappa shape index (κ2) is 5.26. The van der Waals surface area contributed by atoms with Crippen LogP contribution in [0, 0.1) is 6.92 Å². The highest BCUT2D eigenvalue weighted by atomic mass is 79.9. The third kappa shape index (κ3) is 2.08. The molecule has 2 aliphatic rings. The van der Waals surface area contributed by atoms with E-state index in [4.69, 9.17) is 14.8 Å². The average Bonchev–Trinajstić information content (AvgIpc) is 3.28. The van der Waals surface area contributed by atoms with Crippen LogP contribution in [0.4, 0.5) is 0 Å². The fourth-order valence-electron chi connectivity index (χ4n) is 3.48. The molecule has 5 rings (SSSR count). The Kier molecular flexibility index (Phi) is 3.14. The SMILES string of the molecule is Cc1ncn2c1Cn1nc(C3CCOC3)nc1-c1cc(Br)ccc1-2. The lowest BCUT2D eigenvalue weighted by Crippen LogP contribution is -2.07. The lowest BCUT2D eigenvalue weighted by atomic mass is 10.1. The molecule has 1 unspecified atom stereocenters. The molecule has 1 fully saturated rings. The minimum atomic E-state index is 0.297. The number of aryl methyl sites for hydroxylation is 1. The van der Waals surface area contributed by atoms with E-state index >= 15 is 0 Å². The Balaban J connectivity index is 1.75. The Bertz CT molecular complexity index is 939. The van der Waals surface area contributed by atoms with Crippen molar-refractivity contribution in [2.75, 3.05) is 13.2 Å². The van der Waals surface area contributed by atoms with Crippen LogP contribution in [0.15, 0.2) is 29.0 Å². The number of hydrogen-bond acceptors (Lipinski definition) is 4. The average molecular weight is 386 g/mol. The van der Waals surface area contributed by atoms with Crippen LogP contribution >= 0.6 is 15.9 Å². The summed E-state index contributed by atoms with van der Waals surface area (Å²) in [4.78, 5) is 9.37. The number of aromatic nitrogens is 5. The molecule has 0 radical (unpaired) electrons. The molecule has 0 bridgehead atoms. The van der Waals surface area contributed by atoms with Crippen LogP contribution in [0.5, 0.6) is 0 Å². The molecule has 1 aromatic carbocycles. The Hall–Kier alpha value is -1.99. The van der Waals surface area contributed by atoms with E-state index in [1.807, 2.05) is 17.9 Å². The molecule has 2 aliphatic heterocycles. The summed E-state index contributed by atoms with van der Waals surface area (Å²) in [5.74, 6) is 2.10. The first-order valence-electron chi connectivity index (χ1n) is 8.06. The Morgan fingerprint density at radius 1 is 1.33 bits per heavy atom. The minimum absolute atomic E-state index is 0.297. The molecule has 6 nitrogen and oxygen atoms in total. The van der Waals surface area contributed by atoms with Gasteiger partial charge in [-0.2, -0.15) is 5.10 Å². The van der Waals surface area contributed by atoms with Crippen molar-refractivity contribution in [3.63, 3.8) is 0 Å². The van der Waals surface area contributed by atoms with E-state index in [0.717, 1.165) is 51.8 Å². The maximum atomic E-state index is 5.51. The van der Waals surface area contributed by atoms with Crippen LogP contribution in [0.2, 0.25) is 0 Å². The maximum absolute atomic E-state index is 5.51. The quantitative estimate of drug-likeness (QED) is 0.505. The van der Waals surface area contributed by atoms with Crippen LogP contribution in [0.3, 0.4) is 0 Å². The van der Waals surface area contributed by atoms with E-state index in [2.05, 4.69) is 43.7 Å². The van der Waals surface area contributed by atoms with E-state index in [1.54, 1.807) is 0 Å². The lowest BCUT2D eigenvalue weighted by Gasteiger charge is -2.09. The van der Waals surface area contributed by atoms with Gasteiger partial charge in [-0.15, -0.1) is 0 Å². The standard InChI is InChI=1S/C17H16BrN5O/c1-10-15-7-23-17(20-16(21-23)11-4-5-24-8-11)13-6-12(18)2-3-14(13)22(15)9-19-10/h2-3,6,9,11H,4-5,7-8H2,1H3. The van der Waals surface area contributed by atoms with Crippen LogP contribution < -0.4 is 0 Å². The number of ether oxygens (including phenoxy) is 1. The van der Waals surface area contributed by atoms with Gasteiger partial charge in [-0.25, -0.2) is 14.6 Å². The van der Waals surface area contributed by atoms with Gasteiger partial charge >= 0.3 is 0 Å². The van der Waals surface area contributed by atoms with Crippen LogP contribution in [0.1, 0.15) is 29.6 Å². The highest BCUT2D eigenvalue weighted by molar-refractivity contribution is 9.10. The van der Waals surface area contributed by atoms with Gasteiger partial charge in [-0.1, -0.05) is 15.9 Å². The van der Waals surface area contributed by atoms with Crippen molar-refractivity contribution in [3.8, 4) is 17.1 Å². The van der Waals surface area contributed by atoms with E-state index in [0.29, 0.717) is 19.1 Å². The first-order valence-corrected chi connectivity index (χ1v) is 8.85. The normalized spacial score (nSPS) is 18.8. The van der Waals surface area contributed by atoms with Crippen molar-refractivity contribution in [1.82, 2.24) is 24.3 Å². The summed E-state index contributed by atoms with van der Waals surface area (Å²) < 4.78 is 10.7. The van der Waals surface area contributed by atoms with E-state index in [-0.39, 0.29) is 0 Å². The minimum Gasteiger partial charge on any atom is -0.381 e. The molecule has 1 saturated heterocycles. The van der Waals surface area contributed by atoms with Gasteiger partial charge in [0.15, 0.2) is 11.6 Å². The third-order valence-corrected chi connectivity index (χ3v) is 5.31. The van der Waals surface area contributed by atoms with Gasteiger partial charge in [0.2, 0.25) is 0 Å². The third-order valence-electron chi connectivity index (χ3n) is 4.82. The predicted octanol–water partition coefficient (Wildman–Crippen LogP) is 3.07. The summed E-state index contributed by atoms with van der Waals surface area (Å²) in [6.07, 6.45) is 2.88. The van der Waals surface area contributed by atoms with Crippen molar-refractivity contribution in [3.05, 3.63) is 46.2 Å². The molecule has 0 N–H and O–H groups in total. The fraction of sp³-hybridized carbons (Fsp3) is 0.353. The zero-order valence-corrected chi connectivity index (χ0v) is 14.8. The van der Waals surface area contributed by atoms with E-state index in [9.17, 15) is 0 Å². The van der Waals surface area contributed by atoms with Gasteiger partial charge in [-0.05, 0) is 31.5 Å². The van der Waals surface area contributed by atoms with Crippen molar-refractivity contribution in [2.24, 2.45) is 0 Å². The summed E-state index contributed by atoms with van der Waals surface area (Å²) in [6.45, 7) is 4.22. The molecule has 0 saturated carbocycles. The maximum Gasteiger partial charge on any atom is 0.160 e. The van der Waals surface area contributed by atoms with Crippen molar-refractivity contribution in [2.45, 2.75) is 25.8 Å². The molecule has 2 aromatic heterocycles. The number of imidazole rings is 1. The summed E-state index contributed by atoms with van der Waals surface area (Å²) in [6, 6.07) is 6.26. The van der Waals surface area contributed by atoms with Gasteiger partial charge in [0, 0.05) is 22.6 Å². The molecule has 0 aliphatic carbocycles. The molecule has 4 heterocycles. The zero-order valence-electron chi connectivity index (χ0n) is 13.2. The molecular formula is C17H16BrN5O. The summed E-state index contributed by atoms with van der Waals surface area (Å²) >= 11 is 3.58.